The predicted octanol–water partition coefficient (Wildman–Crippen LogP) is 4.71. The molecule has 0 radical (unpaired) electrons. The summed E-state index contributed by atoms with van der Waals surface area (Å²) in [6, 6.07) is 15.6. The molecule has 0 aliphatic heterocycles. The van der Waals surface area contributed by atoms with Crippen molar-refractivity contribution < 1.29 is 9.53 Å². The summed E-state index contributed by atoms with van der Waals surface area (Å²) in [5.41, 5.74) is 2.90. The Bertz CT molecular complexity index is 891. The average molecular weight is 354 g/mol. The Morgan fingerprint density at radius 1 is 1.00 bits per heavy atom. The third kappa shape index (κ3) is 4.33. The lowest BCUT2D eigenvalue weighted by Gasteiger charge is -2.08. The van der Waals surface area contributed by atoms with Crippen LogP contribution in [0, 0.1) is 13.8 Å². The number of carbonyl (C=O) groups is 1. The molecule has 0 amide bonds. The zero-order valence-electron chi connectivity index (χ0n) is 13.8. The first-order chi connectivity index (χ1) is 12.0. The van der Waals surface area contributed by atoms with Crippen molar-refractivity contribution in [3.05, 3.63) is 76.6 Å². The second-order valence-electron chi connectivity index (χ2n) is 5.49. The number of aryl methyl sites for hydroxylation is 2. The van der Waals surface area contributed by atoms with Gasteiger partial charge in [-0.3, -0.25) is 0 Å². The van der Waals surface area contributed by atoms with Crippen molar-refractivity contribution in [2.24, 2.45) is 0 Å². The molecule has 3 aromatic rings. The van der Waals surface area contributed by atoms with Crippen molar-refractivity contribution in [3.8, 4) is 5.75 Å². The van der Waals surface area contributed by atoms with Gasteiger partial charge in [-0.2, -0.15) is 0 Å². The van der Waals surface area contributed by atoms with Crippen LogP contribution >= 0.6 is 11.6 Å². The van der Waals surface area contributed by atoms with E-state index >= 15 is 0 Å². The zero-order valence-corrected chi connectivity index (χ0v) is 14.5. The molecule has 0 atom stereocenters. The fraction of sp³-hybridized carbons (Fsp3) is 0.105. The second-order valence-corrected chi connectivity index (χ2v) is 5.90. The van der Waals surface area contributed by atoms with Gasteiger partial charge in [-0.25, -0.2) is 14.8 Å². The van der Waals surface area contributed by atoms with Crippen molar-refractivity contribution in [2.45, 2.75) is 13.8 Å². The molecule has 25 heavy (non-hydrogen) atoms. The second kappa shape index (κ2) is 7.32. The largest absolute Gasteiger partial charge is 0.423 e. The SMILES string of the molecule is Cc1cc(C)nc(Nc2ccc(OC(=O)c3ccccc3Cl)cc2)n1. The Morgan fingerprint density at radius 3 is 2.28 bits per heavy atom. The summed E-state index contributed by atoms with van der Waals surface area (Å²) in [4.78, 5) is 20.8. The van der Waals surface area contributed by atoms with Gasteiger partial charge in [0.25, 0.3) is 0 Å². The smallest absolute Gasteiger partial charge is 0.345 e. The third-order valence-corrected chi connectivity index (χ3v) is 3.73. The molecule has 5 nitrogen and oxygen atoms in total. The van der Waals surface area contributed by atoms with Gasteiger partial charge in [0.05, 0.1) is 10.6 Å². The normalized spacial score (nSPS) is 10.4. The fourth-order valence-electron chi connectivity index (χ4n) is 2.31. The molecule has 0 bridgehead atoms. The molecule has 1 heterocycles. The van der Waals surface area contributed by atoms with Crippen LogP contribution in [0.25, 0.3) is 0 Å². The minimum Gasteiger partial charge on any atom is -0.423 e. The first-order valence-corrected chi connectivity index (χ1v) is 8.05. The number of ether oxygens (including phenoxy) is 1. The number of halogens is 1. The quantitative estimate of drug-likeness (QED) is 0.543. The molecule has 1 N–H and O–H groups in total. The number of esters is 1. The van der Waals surface area contributed by atoms with Crippen LogP contribution < -0.4 is 10.1 Å². The van der Waals surface area contributed by atoms with E-state index in [9.17, 15) is 4.79 Å². The van der Waals surface area contributed by atoms with Gasteiger partial charge in [0.1, 0.15) is 5.75 Å². The van der Waals surface area contributed by atoms with Gasteiger partial charge in [-0.1, -0.05) is 23.7 Å². The Labute approximate surface area is 150 Å². The van der Waals surface area contributed by atoms with Crippen molar-refractivity contribution in [1.82, 2.24) is 9.97 Å². The molecule has 0 aliphatic carbocycles. The Hall–Kier alpha value is -2.92. The standard InChI is InChI=1S/C19H16ClN3O2/c1-12-11-13(2)22-19(21-12)23-14-7-9-15(10-8-14)25-18(24)16-5-3-4-6-17(16)20/h3-11H,1-2H3,(H,21,22,23). The summed E-state index contributed by atoms with van der Waals surface area (Å²) in [6.07, 6.45) is 0. The van der Waals surface area contributed by atoms with Crippen molar-refractivity contribution >= 4 is 29.2 Å². The van der Waals surface area contributed by atoms with Gasteiger partial charge in [-0.15, -0.1) is 0 Å². The van der Waals surface area contributed by atoms with Crippen LogP contribution in [0.1, 0.15) is 21.7 Å². The first kappa shape index (κ1) is 16.9. The average Bonchev–Trinajstić information content (AvgIpc) is 2.56. The van der Waals surface area contributed by atoms with Gasteiger partial charge in [-0.05, 0) is 56.3 Å². The lowest BCUT2D eigenvalue weighted by Crippen LogP contribution is -2.09. The topological polar surface area (TPSA) is 64.1 Å². The number of anilines is 2. The maximum Gasteiger partial charge on any atom is 0.345 e. The number of benzene rings is 2. The zero-order chi connectivity index (χ0) is 17.8. The van der Waals surface area contributed by atoms with E-state index in [2.05, 4.69) is 15.3 Å². The maximum atomic E-state index is 12.1. The van der Waals surface area contributed by atoms with Crippen LogP contribution in [-0.4, -0.2) is 15.9 Å². The molecular weight excluding hydrogens is 338 g/mol. The number of hydrogen-bond acceptors (Lipinski definition) is 5. The van der Waals surface area contributed by atoms with Crippen LogP contribution in [0.5, 0.6) is 5.75 Å². The molecule has 0 saturated carbocycles. The van der Waals surface area contributed by atoms with E-state index < -0.39 is 5.97 Å². The summed E-state index contributed by atoms with van der Waals surface area (Å²) in [7, 11) is 0. The molecule has 0 fully saturated rings. The van der Waals surface area contributed by atoms with Gasteiger partial charge in [0, 0.05) is 17.1 Å². The third-order valence-electron chi connectivity index (χ3n) is 3.40. The van der Waals surface area contributed by atoms with E-state index in [1.165, 1.54) is 0 Å². The number of hydrogen-bond donors (Lipinski definition) is 1. The molecule has 126 valence electrons. The first-order valence-electron chi connectivity index (χ1n) is 7.67. The number of nitrogens with one attached hydrogen (secondary N) is 1. The summed E-state index contributed by atoms with van der Waals surface area (Å²) in [5.74, 6) is 0.457. The molecule has 3 rings (SSSR count). The summed E-state index contributed by atoms with van der Waals surface area (Å²) >= 11 is 6.00. The van der Waals surface area contributed by atoms with Gasteiger partial charge >= 0.3 is 5.97 Å². The number of carbonyl (C=O) groups excluding carboxylic acids is 1. The monoisotopic (exact) mass is 353 g/mol. The van der Waals surface area contributed by atoms with Crippen molar-refractivity contribution in [3.63, 3.8) is 0 Å². The Balaban J connectivity index is 1.70. The molecule has 2 aromatic carbocycles. The summed E-state index contributed by atoms with van der Waals surface area (Å²) < 4.78 is 5.34. The highest BCUT2D eigenvalue weighted by Crippen LogP contribution is 2.21. The van der Waals surface area contributed by atoms with Crippen LogP contribution in [0.2, 0.25) is 5.02 Å². The van der Waals surface area contributed by atoms with Crippen molar-refractivity contribution in [1.29, 1.82) is 0 Å². The molecular formula is C19H16ClN3O2. The van der Waals surface area contributed by atoms with Gasteiger partial charge in [0.2, 0.25) is 5.95 Å². The highest BCUT2D eigenvalue weighted by atomic mass is 35.5. The minimum absolute atomic E-state index is 0.329. The lowest BCUT2D eigenvalue weighted by molar-refractivity contribution is 0.0735. The van der Waals surface area contributed by atoms with Crippen LogP contribution in [0.15, 0.2) is 54.6 Å². The van der Waals surface area contributed by atoms with Crippen molar-refractivity contribution in [2.75, 3.05) is 5.32 Å². The molecule has 0 unspecified atom stereocenters. The maximum absolute atomic E-state index is 12.1. The Kier molecular flexibility index (Phi) is 4.95. The van der Waals surface area contributed by atoms with E-state index in [1.54, 1.807) is 48.5 Å². The Morgan fingerprint density at radius 2 is 1.64 bits per heavy atom. The number of nitrogens with zero attached hydrogens (tertiary/aromatic N) is 2. The molecule has 0 saturated heterocycles. The molecule has 1 aromatic heterocycles. The van der Waals surface area contributed by atoms with E-state index in [0.717, 1.165) is 17.1 Å². The van der Waals surface area contributed by atoms with Crippen LogP contribution in [0.3, 0.4) is 0 Å². The highest BCUT2D eigenvalue weighted by molar-refractivity contribution is 6.33. The van der Waals surface area contributed by atoms with E-state index in [-0.39, 0.29) is 0 Å². The summed E-state index contributed by atoms with van der Waals surface area (Å²) in [5, 5.41) is 3.48. The van der Waals surface area contributed by atoms with E-state index in [4.69, 9.17) is 16.3 Å². The molecule has 0 aliphatic rings. The van der Waals surface area contributed by atoms with Crippen LogP contribution in [-0.2, 0) is 0 Å². The number of aromatic nitrogens is 2. The van der Waals surface area contributed by atoms with E-state index in [0.29, 0.717) is 22.3 Å². The molecule has 6 heteroatoms. The van der Waals surface area contributed by atoms with E-state index in [1.807, 2.05) is 19.9 Å². The highest BCUT2D eigenvalue weighted by Gasteiger charge is 2.12. The summed E-state index contributed by atoms with van der Waals surface area (Å²) in [6.45, 7) is 3.83. The van der Waals surface area contributed by atoms with Gasteiger partial charge in [0.15, 0.2) is 0 Å². The van der Waals surface area contributed by atoms with Gasteiger partial charge < -0.3 is 10.1 Å². The molecule has 0 spiro atoms. The van der Waals surface area contributed by atoms with Crippen LogP contribution in [0.4, 0.5) is 11.6 Å². The minimum atomic E-state index is -0.496. The fourth-order valence-corrected chi connectivity index (χ4v) is 2.52. The predicted molar refractivity (Wildman–Crippen MR) is 97.6 cm³/mol. The number of rotatable bonds is 4. The lowest BCUT2D eigenvalue weighted by atomic mass is 10.2.